The lowest BCUT2D eigenvalue weighted by atomic mass is 10.4. The monoisotopic (exact) mass is 217 g/mol. The Morgan fingerprint density at radius 3 is 2.64 bits per heavy atom. The third-order valence-electron chi connectivity index (χ3n) is 1.62. The van der Waals surface area contributed by atoms with Gasteiger partial charge in [0.15, 0.2) is 0 Å². The molecule has 0 aromatic rings. The summed E-state index contributed by atoms with van der Waals surface area (Å²) in [5.41, 5.74) is 0. The molecule has 0 aliphatic rings. The van der Waals surface area contributed by atoms with Crippen LogP contribution in [0.15, 0.2) is 11.5 Å². The molecule has 0 unspecified atom stereocenters. The topological polar surface area (TPSA) is 46.2 Å². The Bertz CT molecular complexity index is 192. The maximum atomic E-state index is 11.2. The molecule has 1 N–H and O–H groups in total. The van der Waals surface area contributed by atoms with Crippen molar-refractivity contribution in [3.63, 3.8) is 0 Å². The highest BCUT2D eigenvalue weighted by molar-refractivity contribution is 7.87. The molecule has 0 rings (SSSR count). The van der Waals surface area contributed by atoms with Crippen LogP contribution in [0.1, 0.15) is 33.1 Å². The van der Waals surface area contributed by atoms with Gasteiger partial charge in [-0.25, -0.2) is 0 Å². The lowest BCUT2D eigenvalue weighted by Gasteiger charge is -1.97. The standard InChI is InChI=1S/C10H19NO2S/c1-3-5-8-14(13)9-6-10(12)11-7-4-2/h6,9H,3-5,7-8H2,1-2H3,(H,11,12)/b9-6-/t14-/m1/s1. The summed E-state index contributed by atoms with van der Waals surface area (Å²) in [6.07, 6.45) is 4.25. The van der Waals surface area contributed by atoms with Gasteiger partial charge < -0.3 is 5.32 Å². The van der Waals surface area contributed by atoms with Crippen LogP contribution < -0.4 is 5.32 Å². The van der Waals surface area contributed by atoms with Crippen molar-refractivity contribution in [1.82, 2.24) is 5.32 Å². The Labute approximate surface area is 88.4 Å². The van der Waals surface area contributed by atoms with Crippen LogP contribution in [0.25, 0.3) is 0 Å². The summed E-state index contributed by atoms with van der Waals surface area (Å²) in [7, 11) is -0.987. The van der Waals surface area contributed by atoms with Crippen LogP contribution in [0.5, 0.6) is 0 Å². The van der Waals surface area contributed by atoms with Crippen LogP contribution in [0.3, 0.4) is 0 Å². The van der Waals surface area contributed by atoms with Crippen LogP contribution in [0, 0.1) is 0 Å². The molecule has 0 aliphatic heterocycles. The fraction of sp³-hybridized carbons (Fsp3) is 0.700. The fourth-order valence-corrected chi connectivity index (χ4v) is 1.78. The summed E-state index contributed by atoms with van der Waals surface area (Å²) in [5, 5.41) is 4.16. The van der Waals surface area contributed by atoms with E-state index in [0.29, 0.717) is 12.3 Å². The average molecular weight is 217 g/mol. The highest BCUT2D eigenvalue weighted by Crippen LogP contribution is 1.93. The SMILES string of the molecule is CCCC[S@@](=O)/C=C\C(=O)NCCC. The van der Waals surface area contributed by atoms with Crippen molar-refractivity contribution in [1.29, 1.82) is 0 Å². The van der Waals surface area contributed by atoms with Crippen LogP contribution in [-0.2, 0) is 15.6 Å². The predicted octanol–water partition coefficient (Wildman–Crippen LogP) is 1.58. The zero-order chi connectivity index (χ0) is 10.8. The molecule has 0 aromatic carbocycles. The minimum Gasteiger partial charge on any atom is -0.353 e. The zero-order valence-electron chi connectivity index (χ0n) is 8.91. The molecule has 0 aliphatic carbocycles. The highest BCUT2D eigenvalue weighted by Gasteiger charge is 1.96. The largest absolute Gasteiger partial charge is 0.353 e. The molecule has 4 heteroatoms. The average Bonchev–Trinajstić information content (AvgIpc) is 2.20. The van der Waals surface area contributed by atoms with Gasteiger partial charge in [-0.15, -0.1) is 0 Å². The summed E-state index contributed by atoms with van der Waals surface area (Å²) in [4.78, 5) is 11.0. The van der Waals surface area contributed by atoms with E-state index in [0.717, 1.165) is 19.3 Å². The molecule has 0 fully saturated rings. The fourth-order valence-electron chi connectivity index (χ4n) is 0.799. The molecule has 82 valence electrons. The minimum atomic E-state index is -0.987. The molecular weight excluding hydrogens is 198 g/mol. The zero-order valence-corrected chi connectivity index (χ0v) is 9.73. The second kappa shape index (κ2) is 8.94. The normalized spacial score (nSPS) is 13.0. The number of unbranched alkanes of at least 4 members (excludes halogenated alkanes) is 1. The van der Waals surface area contributed by atoms with Gasteiger partial charge in [0.1, 0.15) is 0 Å². The number of rotatable bonds is 7. The maximum absolute atomic E-state index is 11.2. The lowest BCUT2D eigenvalue weighted by Crippen LogP contribution is -2.21. The molecule has 0 radical (unpaired) electrons. The van der Waals surface area contributed by atoms with Crippen molar-refractivity contribution in [2.45, 2.75) is 33.1 Å². The smallest absolute Gasteiger partial charge is 0.244 e. The number of carbonyl (C=O) groups is 1. The van der Waals surface area contributed by atoms with Gasteiger partial charge in [-0.05, 0) is 12.8 Å². The number of carbonyl (C=O) groups excluding carboxylic acids is 1. The Hall–Kier alpha value is -0.640. The van der Waals surface area contributed by atoms with Crippen molar-refractivity contribution in [2.24, 2.45) is 0 Å². The quantitative estimate of drug-likeness (QED) is 0.658. The van der Waals surface area contributed by atoms with E-state index in [9.17, 15) is 9.00 Å². The van der Waals surface area contributed by atoms with Crippen LogP contribution in [-0.4, -0.2) is 22.4 Å². The third-order valence-corrected chi connectivity index (χ3v) is 2.75. The molecule has 0 heterocycles. The summed E-state index contributed by atoms with van der Waals surface area (Å²) in [6.45, 7) is 4.71. The second-order valence-electron chi connectivity index (χ2n) is 3.03. The van der Waals surface area contributed by atoms with Gasteiger partial charge in [0.25, 0.3) is 0 Å². The van der Waals surface area contributed by atoms with Gasteiger partial charge >= 0.3 is 0 Å². The summed E-state index contributed by atoms with van der Waals surface area (Å²) in [6, 6.07) is 0. The molecule has 0 saturated carbocycles. The van der Waals surface area contributed by atoms with Gasteiger partial charge in [0.05, 0.1) is 0 Å². The molecular formula is C10H19NO2S. The Kier molecular flexibility index (Phi) is 8.53. The maximum Gasteiger partial charge on any atom is 0.244 e. The van der Waals surface area contributed by atoms with Crippen molar-refractivity contribution in [3.8, 4) is 0 Å². The van der Waals surface area contributed by atoms with E-state index < -0.39 is 10.8 Å². The van der Waals surface area contributed by atoms with Gasteiger partial charge in [0, 0.05) is 34.6 Å². The van der Waals surface area contributed by atoms with Crippen LogP contribution in [0.2, 0.25) is 0 Å². The molecule has 0 saturated heterocycles. The first-order valence-electron chi connectivity index (χ1n) is 5.03. The molecule has 0 spiro atoms. The van der Waals surface area contributed by atoms with E-state index in [1.54, 1.807) is 0 Å². The van der Waals surface area contributed by atoms with Crippen molar-refractivity contribution < 1.29 is 9.00 Å². The van der Waals surface area contributed by atoms with Crippen molar-refractivity contribution in [3.05, 3.63) is 11.5 Å². The van der Waals surface area contributed by atoms with Gasteiger partial charge in [-0.3, -0.25) is 9.00 Å². The first kappa shape index (κ1) is 13.4. The summed E-state index contributed by atoms with van der Waals surface area (Å²) < 4.78 is 11.2. The third kappa shape index (κ3) is 7.98. The number of hydrogen-bond donors (Lipinski definition) is 1. The Morgan fingerprint density at radius 2 is 2.07 bits per heavy atom. The molecule has 0 aromatic heterocycles. The minimum absolute atomic E-state index is 0.156. The van der Waals surface area contributed by atoms with Crippen LogP contribution in [0.4, 0.5) is 0 Å². The highest BCUT2D eigenvalue weighted by atomic mass is 32.2. The Morgan fingerprint density at radius 1 is 1.36 bits per heavy atom. The number of nitrogens with one attached hydrogen (secondary N) is 1. The van der Waals surface area contributed by atoms with E-state index in [2.05, 4.69) is 12.2 Å². The first-order chi connectivity index (χ1) is 6.70. The lowest BCUT2D eigenvalue weighted by molar-refractivity contribution is -0.116. The number of amides is 1. The molecule has 3 nitrogen and oxygen atoms in total. The molecule has 1 atom stereocenters. The molecule has 0 bridgehead atoms. The van der Waals surface area contributed by atoms with Gasteiger partial charge in [-0.1, -0.05) is 20.3 Å². The van der Waals surface area contributed by atoms with E-state index in [1.165, 1.54) is 11.5 Å². The van der Waals surface area contributed by atoms with E-state index in [4.69, 9.17) is 0 Å². The Balaban J connectivity index is 3.68. The molecule has 14 heavy (non-hydrogen) atoms. The van der Waals surface area contributed by atoms with Crippen LogP contribution >= 0.6 is 0 Å². The second-order valence-corrected chi connectivity index (χ2v) is 4.47. The van der Waals surface area contributed by atoms with E-state index >= 15 is 0 Å². The summed E-state index contributed by atoms with van der Waals surface area (Å²) in [5.74, 6) is 0.491. The van der Waals surface area contributed by atoms with Gasteiger partial charge in [-0.2, -0.15) is 0 Å². The van der Waals surface area contributed by atoms with Crippen molar-refractivity contribution >= 4 is 16.7 Å². The van der Waals surface area contributed by atoms with E-state index in [-0.39, 0.29) is 5.91 Å². The van der Waals surface area contributed by atoms with Crippen molar-refractivity contribution in [2.75, 3.05) is 12.3 Å². The molecule has 1 amide bonds. The number of hydrogen-bond acceptors (Lipinski definition) is 2. The summed E-state index contributed by atoms with van der Waals surface area (Å²) >= 11 is 0. The van der Waals surface area contributed by atoms with Gasteiger partial charge in [0.2, 0.25) is 5.91 Å². The van der Waals surface area contributed by atoms with E-state index in [1.807, 2.05) is 6.92 Å². The first-order valence-corrected chi connectivity index (χ1v) is 6.42. The predicted molar refractivity (Wildman–Crippen MR) is 60.4 cm³/mol.